The molecule has 2 heterocycles. The van der Waals surface area contributed by atoms with E-state index in [0.29, 0.717) is 6.54 Å². The lowest BCUT2D eigenvalue weighted by atomic mass is 9.87. The van der Waals surface area contributed by atoms with Crippen LogP contribution in [0.3, 0.4) is 0 Å². The number of amidine groups is 1. The molecule has 4 aromatic rings. The fraction of sp³-hybridized carbons (Fsp3) is 0.241. The molecular weight excluding hydrogens is 404 g/mol. The predicted molar refractivity (Wildman–Crippen MR) is 139 cm³/mol. The second kappa shape index (κ2) is 8.36. The van der Waals surface area contributed by atoms with Gasteiger partial charge in [-0.25, -0.2) is 4.98 Å². The Morgan fingerprint density at radius 2 is 1.61 bits per heavy atom. The molecule has 33 heavy (non-hydrogen) atoms. The Kier molecular flexibility index (Phi) is 5.37. The molecule has 1 aromatic heterocycles. The minimum Gasteiger partial charge on any atom is -0.375 e. The van der Waals surface area contributed by atoms with E-state index in [0.717, 1.165) is 45.7 Å². The third-order valence-corrected chi connectivity index (χ3v) is 6.72. The van der Waals surface area contributed by atoms with Crippen LogP contribution in [-0.4, -0.2) is 31.5 Å². The molecule has 1 unspecified atom stereocenters. The van der Waals surface area contributed by atoms with Crippen LogP contribution in [-0.2, 0) is 5.54 Å². The molecule has 0 amide bonds. The first-order valence-electron chi connectivity index (χ1n) is 11.6. The molecule has 0 fully saturated rings. The lowest BCUT2D eigenvalue weighted by molar-refractivity contribution is 0.416. The lowest BCUT2D eigenvalue weighted by Gasteiger charge is -2.30. The van der Waals surface area contributed by atoms with Crippen molar-refractivity contribution in [3.8, 4) is 11.3 Å². The zero-order chi connectivity index (χ0) is 23.0. The van der Waals surface area contributed by atoms with Gasteiger partial charge >= 0.3 is 0 Å². The van der Waals surface area contributed by atoms with Gasteiger partial charge in [-0.3, -0.25) is 4.99 Å². The summed E-state index contributed by atoms with van der Waals surface area (Å²) in [5.74, 6) is 0.947. The van der Waals surface area contributed by atoms with E-state index in [4.69, 9.17) is 9.98 Å². The van der Waals surface area contributed by atoms with Crippen molar-refractivity contribution in [3.63, 3.8) is 0 Å². The number of aryl methyl sites for hydroxylation is 1. The number of anilines is 1. The van der Waals surface area contributed by atoms with E-state index in [2.05, 4.69) is 111 Å². The third-order valence-electron chi connectivity index (χ3n) is 6.72. The first-order valence-corrected chi connectivity index (χ1v) is 11.6. The van der Waals surface area contributed by atoms with Crippen LogP contribution in [0.25, 0.3) is 22.2 Å². The number of fused-ring (bicyclic) bond motifs is 1. The first-order chi connectivity index (χ1) is 16.0. The number of pyridine rings is 1. The molecule has 166 valence electrons. The molecule has 3 aromatic carbocycles. The van der Waals surface area contributed by atoms with Gasteiger partial charge in [0.1, 0.15) is 5.84 Å². The van der Waals surface area contributed by atoms with E-state index < -0.39 is 0 Å². The number of benzene rings is 3. The van der Waals surface area contributed by atoms with Crippen LogP contribution in [0.1, 0.15) is 30.0 Å². The molecule has 0 spiro atoms. The summed E-state index contributed by atoms with van der Waals surface area (Å²) < 4.78 is 0. The Morgan fingerprint density at radius 3 is 2.27 bits per heavy atom. The van der Waals surface area contributed by atoms with Gasteiger partial charge in [0.15, 0.2) is 0 Å². The van der Waals surface area contributed by atoms with Crippen molar-refractivity contribution in [1.29, 1.82) is 0 Å². The quantitative estimate of drug-likeness (QED) is 0.423. The van der Waals surface area contributed by atoms with Crippen molar-refractivity contribution in [2.75, 3.05) is 25.5 Å². The maximum atomic E-state index is 5.15. The van der Waals surface area contributed by atoms with Gasteiger partial charge in [-0.15, -0.1) is 0 Å². The molecule has 5 rings (SSSR count). The average molecular weight is 435 g/mol. The van der Waals surface area contributed by atoms with Crippen molar-refractivity contribution in [3.05, 3.63) is 95.6 Å². The van der Waals surface area contributed by atoms with Gasteiger partial charge in [0.2, 0.25) is 0 Å². The van der Waals surface area contributed by atoms with Crippen LogP contribution in [0.4, 0.5) is 5.69 Å². The van der Waals surface area contributed by atoms with Gasteiger partial charge in [0.05, 0.1) is 34.5 Å². The second-order valence-electron chi connectivity index (χ2n) is 9.01. The van der Waals surface area contributed by atoms with Crippen molar-refractivity contribution in [2.45, 2.75) is 25.8 Å². The van der Waals surface area contributed by atoms with E-state index in [1.807, 2.05) is 6.07 Å². The summed E-state index contributed by atoms with van der Waals surface area (Å²) in [7, 11) is 4.19. The fourth-order valence-corrected chi connectivity index (χ4v) is 4.93. The molecule has 4 nitrogen and oxygen atoms in total. The summed E-state index contributed by atoms with van der Waals surface area (Å²) in [5.41, 5.74) is 7.58. The zero-order valence-corrected chi connectivity index (χ0v) is 19.8. The Bertz CT molecular complexity index is 1330. The summed E-state index contributed by atoms with van der Waals surface area (Å²) >= 11 is 0. The smallest absolute Gasteiger partial charge is 0.132 e. The highest BCUT2D eigenvalue weighted by atomic mass is 15.2. The van der Waals surface area contributed by atoms with Crippen molar-refractivity contribution in [2.24, 2.45) is 4.99 Å². The number of nitrogens with one attached hydrogen (secondary N) is 1. The van der Waals surface area contributed by atoms with E-state index in [1.165, 1.54) is 11.1 Å². The van der Waals surface area contributed by atoms with Crippen LogP contribution in [0.2, 0.25) is 0 Å². The summed E-state index contributed by atoms with van der Waals surface area (Å²) in [6, 6.07) is 27.5. The van der Waals surface area contributed by atoms with Gasteiger partial charge in [0, 0.05) is 25.0 Å². The van der Waals surface area contributed by atoms with E-state index in [9.17, 15) is 0 Å². The predicted octanol–water partition coefficient (Wildman–Crippen LogP) is 5.93. The zero-order valence-electron chi connectivity index (χ0n) is 19.8. The highest BCUT2D eigenvalue weighted by molar-refractivity contribution is 6.17. The molecule has 4 heteroatoms. The van der Waals surface area contributed by atoms with Gasteiger partial charge in [-0.2, -0.15) is 0 Å². The normalized spacial score (nSPS) is 17.6. The number of aliphatic imine (C=N–C) groups is 1. The SMILES string of the molecule is CCC1(c2ccccc2)CN=C(c2c(N(C)C)c(-c3ccccc3)nc3cccc(C)c23)N1. The van der Waals surface area contributed by atoms with Gasteiger partial charge in [0.25, 0.3) is 0 Å². The second-order valence-corrected chi connectivity index (χ2v) is 9.01. The van der Waals surface area contributed by atoms with Crippen molar-refractivity contribution >= 4 is 22.4 Å². The highest BCUT2D eigenvalue weighted by Crippen LogP contribution is 2.40. The number of hydrogen-bond donors (Lipinski definition) is 1. The van der Waals surface area contributed by atoms with E-state index in [-0.39, 0.29) is 5.54 Å². The number of hydrogen-bond acceptors (Lipinski definition) is 4. The third kappa shape index (κ3) is 3.56. The molecule has 0 saturated heterocycles. The summed E-state index contributed by atoms with van der Waals surface area (Å²) in [4.78, 5) is 12.5. The van der Waals surface area contributed by atoms with Crippen LogP contribution in [0.15, 0.2) is 83.9 Å². The van der Waals surface area contributed by atoms with Gasteiger partial charge in [-0.05, 0) is 30.5 Å². The van der Waals surface area contributed by atoms with Gasteiger partial charge < -0.3 is 10.2 Å². The maximum Gasteiger partial charge on any atom is 0.132 e. The Balaban J connectivity index is 1.77. The van der Waals surface area contributed by atoms with Gasteiger partial charge in [-0.1, -0.05) is 79.7 Å². The molecule has 1 N–H and O–H groups in total. The van der Waals surface area contributed by atoms with E-state index >= 15 is 0 Å². The number of nitrogens with zero attached hydrogens (tertiary/aromatic N) is 3. The van der Waals surface area contributed by atoms with Crippen LogP contribution in [0, 0.1) is 6.92 Å². The van der Waals surface area contributed by atoms with Crippen molar-refractivity contribution < 1.29 is 0 Å². The molecular formula is C29H30N4. The minimum atomic E-state index is -0.203. The topological polar surface area (TPSA) is 40.5 Å². The Labute approximate surface area is 196 Å². The molecule has 0 radical (unpaired) electrons. The molecule has 0 saturated carbocycles. The fourth-order valence-electron chi connectivity index (χ4n) is 4.93. The number of rotatable bonds is 5. The summed E-state index contributed by atoms with van der Waals surface area (Å²) in [6.07, 6.45) is 0.953. The standard InChI is InChI=1S/C29H30N4/c1-5-29(22-16-10-7-11-17-22)19-30-28(32-29)25-24-20(2)13-12-18-23(24)31-26(27(25)33(3)4)21-14-8-6-9-15-21/h6-18H,5,19H2,1-4H3,(H,30,32). The molecule has 0 aliphatic carbocycles. The maximum absolute atomic E-state index is 5.15. The average Bonchev–Trinajstić information content (AvgIpc) is 3.30. The summed E-state index contributed by atoms with van der Waals surface area (Å²) in [6.45, 7) is 5.11. The number of aromatic nitrogens is 1. The van der Waals surface area contributed by atoms with Crippen LogP contribution in [0.5, 0.6) is 0 Å². The molecule has 1 aliphatic heterocycles. The largest absolute Gasteiger partial charge is 0.375 e. The first kappa shape index (κ1) is 21.2. The summed E-state index contributed by atoms with van der Waals surface area (Å²) in [5, 5.41) is 5.03. The monoisotopic (exact) mass is 434 g/mol. The van der Waals surface area contributed by atoms with E-state index in [1.54, 1.807) is 0 Å². The molecule has 0 bridgehead atoms. The molecule has 1 aliphatic rings. The van der Waals surface area contributed by atoms with Crippen LogP contribution >= 0.6 is 0 Å². The highest BCUT2D eigenvalue weighted by Gasteiger charge is 2.37. The van der Waals surface area contributed by atoms with Crippen LogP contribution < -0.4 is 10.2 Å². The Hall–Kier alpha value is -3.66. The lowest BCUT2D eigenvalue weighted by Crippen LogP contribution is -2.43. The van der Waals surface area contributed by atoms with Crippen molar-refractivity contribution in [1.82, 2.24) is 10.3 Å². The Morgan fingerprint density at radius 1 is 0.909 bits per heavy atom. The minimum absolute atomic E-state index is 0.203. The molecule has 1 atom stereocenters.